The molecule has 1 heterocycles. The molecule has 0 bridgehead atoms. The molecule has 1 saturated heterocycles. The second kappa shape index (κ2) is 6.69. The van der Waals surface area contributed by atoms with Crippen LogP contribution in [-0.2, 0) is 13.6 Å². The zero-order valence-corrected chi connectivity index (χ0v) is 12.8. The van der Waals surface area contributed by atoms with Crippen molar-refractivity contribution < 1.29 is 13.6 Å². The summed E-state index contributed by atoms with van der Waals surface area (Å²) >= 11 is 3.49. The van der Waals surface area contributed by atoms with E-state index in [0.29, 0.717) is 13.2 Å². The Kier molecular flexibility index (Phi) is 6.24. The molecule has 0 aromatic heterocycles. The van der Waals surface area contributed by atoms with Crippen LogP contribution in [0.25, 0.3) is 0 Å². The first-order chi connectivity index (χ1) is 7.64. The number of rotatable bonds is 6. The Morgan fingerprint density at radius 3 is 2.00 bits per heavy atom. The summed E-state index contributed by atoms with van der Waals surface area (Å²) in [6.45, 7) is 6.69. The SMILES string of the molecule is CCOP(=O)(OCC)C1(CC)SCCCS1. The first-order valence-electron chi connectivity index (χ1n) is 5.81. The molecule has 0 aromatic carbocycles. The Morgan fingerprint density at radius 2 is 1.62 bits per heavy atom. The van der Waals surface area contributed by atoms with Crippen LogP contribution in [0.5, 0.6) is 0 Å². The van der Waals surface area contributed by atoms with Gasteiger partial charge in [0.2, 0.25) is 0 Å². The van der Waals surface area contributed by atoms with Crippen molar-refractivity contribution in [1.82, 2.24) is 0 Å². The Morgan fingerprint density at radius 1 is 1.12 bits per heavy atom. The second-order valence-electron chi connectivity index (χ2n) is 3.45. The third-order valence-corrected chi connectivity index (χ3v) is 10.0. The first kappa shape index (κ1) is 14.9. The Bertz CT molecular complexity index is 244. The fraction of sp³-hybridized carbons (Fsp3) is 1.00. The van der Waals surface area contributed by atoms with Gasteiger partial charge in [-0.25, -0.2) is 0 Å². The van der Waals surface area contributed by atoms with Crippen molar-refractivity contribution in [3.05, 3.63) is 0 Å². The van der Waals surface area contributed by atoms with Gasteiger partial charge in [-0.3, -0.25) is 4.57 Å². The summed E-state index contributed by atoms with van der Waals surface area (Å²) in [5.41, 5.74) is 0. The molecule has 0 aliphatic carbocycles. The minimum atomic E-state index is -3.00. The number of hydrogen-bond donors (Lipinski definition) is 0. The summed E-state index contributed by atoms with van der Waals surface area (Å²) in [6.07, 6.45) is 1.99. The van der Waals surface area contributed by atoms with E-state index in [1.165, 1.54) is 6.42 Å². The van der Waals surface area contributed by atoms with Crippen molar-refractivity contribution in [2.24, 2.45) is 0 Å². The third kappa shape index (κ3) is 2.99. The number of hydrogen-bond acceptors (Lipinski definition) is 5. The van der Waals surface area contributed by atoms with E-state index in [9.17, 15) is 4.57 Å². The van der Waals surface area contributed by atoms with Crippen molar-refractivity contribution >= 4 is 31.1 Å². The van der Waals surface area contributed by atoms with Crippen molar-refractivity contribution in [3.63, 3.8) is 0 Å². The van der Waals surface area contributed by atoms with Crippen molar-refractivity contribution in [2.45, 2.75) is 37.4 Å². The van der Waals surface area contributed by atoms with Gasteiger partial charge in [-0.05, 0) is 38.2 Å². The van der Waals surface area contributed by atoms with Gasteiger partial charge in [0.15, 0.2) is 3.82 Å². The Balaban J connectivity index is 2.91. The molecule has 3 nitrogen and oxygen atoms in total. The van der Waals surface area contributed by atoms with Crippen LogP contribution < -0.4 is 0 Å². The fourth-order valence-corrected chi connectivity index (χ4v) is 8.31. The molecule has 0 aromatic rings. The van der Waals surface area contributed by atoms with Crippen molar-refractivity contribution in [3.8, 4) is 0 Å². The van der Waals surface area contributed by atoms with E-state index in [4.69, 9.17) is 9.05 Å². The fourth-order valence-electron chi connectivity index (χ4n) is 1.69. The molecule has 0 unspecified atom stereocenters. The van der Waals surface area contributed by atoms with E-state index in [-0.39, 0.29) is 3.82 Å². The Hall–Kier alpha value is 0.850. The average molecular weight is 284 g/mol. The quantitative estimate of drug-likeness (QED) is 0.683. The third-order valence-electron chi connectivity index (χ3n) is 2.41. The monoisotopic (exact) mass is 284 g/mol. The number of thioether (sulfide) groups is 2. The van der Waals surface area contributed by atoms with Gasteiger partial charge in [-0.1, -0.05) is 6.92 Å². The molecule has 1 aliphatic heterocycles. The van der Waals surface area contributed by atoms with Gasteiger partial charge in [-0.15, -0.1) is 23.5 Å². The molecule has 0 atom stereocenters. The first-order valence-corrected chi connectivity index (χ1v) is 9.32. The molecule has 1 fully saturated rings. The van der Waals surface area contributed by atoms with Crippen LogP contribution in [0, 0.1) is 0 Å². The lowest BCUT2D eigenvalue weighted by Gasteiger charge is -2.39. The molecule has 0 N–H and O–H groups in total. The van der Waals surface area contributed by atoms with Gasteiger partial charge in [-0.2, -0.15) is 0 Å². The zero-order chi connectivity index (χ0) is 12.1. The van der Waals surface area contributed by atoms with Gasteiger partial charge in [0, 0.05) is 0 Å². The average Bonchev–Trinajstić information content (AvgIpc) is 2.30. The highest BCUT2D eigenvalue weighted by Crippen LogP contribution is 2.72. The van der Waals surface area contributed by atoms with Gasteiger partial charge in [0.1, 0.15) is 0 Å². The normalized spacial score (nSPS) is 20.9. The van der Waals surface area contributed by atoms with E-state index in [1.807, 2.05) is 13.8 Å². The van der Waals surface area contributed by atoms with Crippen LogP contribution >= 0.6 is 31.1 Å². The van der Waals surface area contributed by atoms with Crippen molar-refractivity contribution in [2.75, 3.05) is 24.7 Å². The maximum absolute atomic E-state index is 12.8. The topological polar surface area (TPSA) is 35.5 Å². The summed E-state index contributed by atoms with van der Waals surface area (Å²) in [7, 11) is -3.00. The van der Waals surface area contributed by atoms with Gasteiger partial charge in [0.05, 0.1) is 13.2 Å². The minimum absolute atomic E-state index is 0.378. The second-order valence-corrected chi connectivity index (χ2v) is 9.38. The molecule has 6 heteroatoms. The highest BCUT2D eigenvalue weighted by atomic mass is 32.2. The van der Waals surface area contributed by atoms with Crippen LogP contribution in [0.3, 0.4) is 0 Å². The summed E-state index contributed by atoms with van der Waals surface area (Å²) in [4.78, 5) is 0. The van der Waals surface area contributed by atoms with Gasteiger partial charge >= 0.3 is 7.60 Å². The molecule has 1 rings (SSSR count). The Labute approximate surface area is 107 Å². The van der Waals surface area contributed by atoms with Crippen LogP contribution in [-0.4, -0.2) is 28.5 Å². The highest BCUT2D eigenvalue weighted by Gasteiger charge is 2.51. The van der Waals surface area contributed by atoms with E-state index in [0.717, 1.165) is 17.9 Å². The summed E-state index contributed by atoms with van der Waals surface area (Å²) in [6, 6.07) is 0. The van der Waals surface area contributed by atoms with E-state index < -0.39 is 7.60 Å². The molecule has 0 spiro atoms. The van der Waals surface area contributed by atoms with E-state index in [2.05, 4.69) is 6.92 Å². The lowest BCUT2D eigenvalue weighted by atomic mass is 10.5. The van der Waals surface area contributed by atoms with E-state index in [1.54, 1.807) is 23.5 Å². The largest absolute Gasteiger partial charge is 0.356 e. The van der Waals surface area contributed by atoms with E-state index >= 15 is 0 Å². The summed E-state index contributed by atoms with van der Waals surface area (Å²) in [5, 5.41) is 0. The molecule has 1 aliphatic rings. The maximum Gasteiger partial charge on any atom is 0.356 e. The molecular formula is C10H21O3PS2. The maximum atomic E-state index is 12.8. The molecule has 96 valence electrons. The predicted octanol–water partition coefficient (Wildman–Crippen LogP) is 4.19. The van der Waals surface area contributed by atoms with Crippen LogP contribution in [0.4, 0.5) is 0 Å². The van der Waals surface area contributed by atoms with Gasteiger partial charge in [0.25, 0.3) is 0 Å². The van der Waals surface area contributed by atoms with Gasteiger partial charge < -0.3 is 9.05 Å². The molecule has 0 saturated carbocycles. The smallest absolute Gasteiger partial charge is 0.307 e. The van der Waals surface area contributed by atoms with Crippen LogP contribution in [0.2, 0.25) is 0 Å². The minimum Gasteiger partial charge on any atom is -0.307 e. The molecular weight excluding hydrogens is 263 g/mol. The zero-order valence-electron chi connectivity index (χ0n) is 10.2. The standard InChI is InChI=1S/C10H21O3PS2/c1-4-10(15-8-7-9-16-10)14(11,12-5-2)13-6-3/h4-9H2,1-3H3. The summed E-state index contributed by atoms with van der Waals surface area (Å²) in [5.74, 6) is 2.09. The highest BCUT2D eigenvalue weighted by molar-refractivity contribution is 8.25. The molecule has 0 amide bonds. The lowest BCUT2D eigenvalue weighted by molar-refractivity contribution is 0.215. The summed E-state index contributed by atoms with van der Waals surface area (Å²) < 4.78 is 23.4. The lowest BCUT2D eigenvalue weighted by Crippen LogP contribution is -2.27. The van der Waals surface area contributed by atoms with Crippen molar-refractivity contribution in [1.29, 1.82) is 0 Å². The van der Waals surface area contributed by atoms with Crippen LogP contribution in [0.15, 0.2) is 0 Å². The predicted molar refractivity (Wildman–Crippen MR) is 73.4 cm³/mol. The molecule has 0 radical (unpaired) electrons. The molecule has 16 heavy (non-hydrogen) atoms. The van der Waals surface area contributed by atoms with Crippen LogP contribution in [0.1, 0.15) is 33.6 Å².